The van der Waals surface area contributed by atoms with Gasteiger partial charge in [0.05, 0.1) is 19.8 Å². The Hall–Kier alpha value is -1.26. The summed E-state index contributed by atoms with van der Waals surface area (Å²) in [6.07, 6.45) is 4.16. The molecule has 1 aromatic carbocycles. The summed E-state index contributed by atoms with van der Waals surface area (Å²) in [7, 11) is 1.66. The summed E-state index contributed by atoms with van der Waals surface area (Å²) in [6, 6.07) is 6.04. The lowest BCUT2D eigenvalue weighted by Gasteiger charge is -2.26. The van der Waals surface area contributed by atoms with Gasteiger partial charge in [0, 0.05) is 6.54 Å². The molecule has 4 heteroatoms. The van der Waals surface area contributed by atoms with E-state index in [0.29, 0.717) is 12.5 Å². The fraction of sp³-hybridized carbons (Fsp3) is 0.647. The molecule has 2 atom stereocenters. The van der Waals surface area contributed by atoms with E-state index in [9.17, 15) is 5.11 Å². The van der Waals surface area contributed by atoms with Gasteiger partial charge < -0.3 is 19.9 Å². The average molecular weight is 293 g/mol. The molecule has 0 saturated heterocycles. The molecule has 0 aliphatic heterocycles. The number of rotatable bonds is 7. The van der Waals surface area contributed by atoms with E-state index in [2.05, 4.69) is 11.4 Å². The molecule has 21 heavy (non-hydrogen) atoms. The Kier molecular flexibility index (Phi) is 6.33. The largest absolute Gasteiger partial charge is 0.493 e. The van der Waals surface area contributed by atoms with Crippen molar-refractivity contribution in [2.24, 2.45) is 5.92 Å². The van der Waals surface area contributed by atoms with E-state index >= 15 is 0 Å². The standard InChI is InChI=1S/C17H27NO3/c1-3-21-17-10-14(7-8-16(17)20-2)12-18-11-13-5-4-6-15(19)9-13/h7-8,10,13,15,18-19H,3-6,9,11-12H2,1-2H3. The maximum Gasteiger partial charge on any atom is 0.161 e. The second-order valence-electron chi connectivity index (χ2n) is 5.74. The molecule has 0 bridgehead atoms. The number of hydrogen-bond donors (Lipinski definition) is 2. The van der Waals surface area contributed by atoms with Crippen molar-refractivity contribution in [1.82, 2.24) is 5.32 Å². The van der Waals surface area contributed by atoms with Crippen LogP contribution in [-0.4, -0.2) is 31.5 Å². The fourth-order valence-corrected chi connectivity index (χ4v) is 2.97. The van der Waals surface area contributed by atoms with Crippen molar-refractivity contribution in [2.75, 3.05) is 20.3 Å². The highest BCUT2D eigenvalue weighted by Crippen LogP contribution is 2.28. The summed E-state index contributed by atoms with van der Waals surface area (Å²) in [5.41, 5.74) is 1.19. The molecule has 2 rings (SSSR count). The normalized spacial score (nSPS) is 22.0. The topological polar surface area (TPSA) is 50.7 Å². The molecular weight excluding hydrogens is 266 g/mol. The van der Waals surface area contributed by atoms with Crippen molar-refractivity contribution in [3.05, 3.63) is 23.8 Å². The zero-order chi connectivity index (χ0) is 15.1. The van der Waals surface area contributed by atoms with Crippen molar-refractivity contribution in [3.8, 4) is 11.5 Å². The Balaban J connectivity index is 1.83. The molecule has 0 radical (unpaired) electrons. The smallest absolute Gasteiger partial charge is 0.161 e. The van der Waals surface area contributed by atoms with Crippen LogP contribution < -0.4 is 14.8 Å². The van der Waals surface area contributed by atoms with Crippen LogP contribution in [0.2, 0.25) is 0 Å². The molecule has 1 fully saturated rings. The number of aliphatic hydroxyl groups is 1. The Labute approximate surface area is 127 Å². The number of benzene rings is 1. The molecule has 0 spiro atoms. The molecular formula is C17H27NO3. The monoisotopic (exact) mass is 293 g/mol. The van der Waals surface area contributed by atoms with Crippen LogP contribution in [0.3, 0.4) is 0 Å². The minimum atomic E-state index is -0.101. The van der Waals surface area contributed by atoms with Crippen LogP contribution in [-0.2, 0) is 6.54 Å². The summed E-state index contributed by atoms with van der Waals surface area (Å²) in [5.74, 6) is 2.17. The van der Waals surface area contributed by atoms with Crippen LogP contribution in [0.1, 0.15) is 38.2 Å². The zero-order valence-corrected chi connectivity index (χ0v) is 13.1. The third-order valence-electron chi connectivity index (χ3n) is 4.05. The van der Waals surface area contributed by atoms with Crippen LogP contribution in [0.5, 0.6) is 11.5 Å². The van der Waals surface area contributed by atoms with Gasteiger partial charge >= 0.3 is 0 Å². The van der Waals surface area contributed by atoms with Crippen LogP contribution in [0.25, 0.3) is 0 Å². The molecule has 0 aromatic heterocycles. The van der Waals surface area contributed by atoms with Crippen molar-refractivity contribution in [3.63, 3.8) is 0 Å². The summed E-state index contributed by atoms with van der Waals surface area (Å²) >= 11 is 0. The molecule has 1 aliphatic rings. The van der Waals surface area contributed by atoms with Gasteiger partial charge in [-0.2, -0.15) is 0 Å². The minimum absolute atomic E-state index is 0.101. The Morgan fingerprint density at radius 1 is 1.29 bits per heavy atom. The second kappa shape index (κ2) is 8.25. The van der Waals surface area contributed by atoms with Crippen molar-refractivity contribution in [1.29, 1.82) is 0 Å². The molecule has 2 N–H and O–H groups in total. The first kappa shape index (κ1) is 16.1. The van der Waals surface area contributed by atoms with E-state index in [1.54, 1.807) is 7.11 Å². The summed E-state index contributed by atoms with van der Waals surface area (Å²) in [6.45, 7) is 4.38. The van der Waals surface area contributed by atoms with Gasteiger partial charge in [-0.15, -0.1) is 0 Å². The Bertz CT molecular complexity index is 436. The highest BCUT2D eigenvalue weighted by molar-refractivity contribution is 5.42. The lowest BCUT2D eigenvalue weighted by molar-refractivity contribution is 0.101. The van der Waals surface area contributed by atoms with Gasteiger partial charge in [-0.25, -0.2) is 0 Å². The first-order chi connectivity index (χ1) is 10.2. The molecule has 1 saturated carbocycles. The number of ether oxygens (including phenoxy) is 2. The molecule has 2 unspecified atom stereocenters. The van der Waals surface area contributed by atoms with Gasteiger partial charge in [0.15, 0.2) is 11.5 Å². The van der Waals surface area contributed by atoms with E-state index in [4.69, 9.17) is 9.47 Å². The van der Waals surface area contributed by atoms with Gasteiger partial charge in [0.25, 0.3) is 0 Å². The SMILES string of the molecule is CCOc1cc(CNCC2CCCC(O)C2)ccc1OC. The summed E-state index contributed by atoms with van der Waals surface area (Å²) in [4.78, 5) is 0. The van der Waals surface area contributed by atoms with Crippen LogP contribution >= 0.6 is 0 Å². The number of hydrogen-bond acceptors (Lipinski definition) is 4. The molecule has 118 valence electrons. The van der Waals surface area contributed by atoms with E-state index < -0.39 is 0 Å². The van der Waals surface area contributed by atoms with Crippen LogP contribution in [0.4, 0.5) is 0 Å². The molecule has 1 aromatic rings. The van der Waals surface area contributed by atoms with Gasteiger partial charge in [0.2, 0.25) is 0 Å². The maximum absolute atomic E-state index is 9.69. The fourth-order valence-electron chi connectivity index (χ4n) is 2.97. The highest BCUT2D eigenvalue weighted by atomic mass is 16.5. The predicted octanol–water partition coefficient (Wildman–Crippen LogP) is 2.73. The molecule has 1 aliphatic carbocycles. The van der Waals surface area contributed by atoms with E-state index in [1.165, 1.54) is 12.0 Å². The molecule has 4 nitrogen and oxygen atoms in total. The quantitative estimate of drug-likeness (QED) is 0.811. The van der Waals surface area contributed by atoms with Crippen LogP contribution in [0, 0.1) is 5.92 Å². The van der Waals surface area contributed by atoms with E-state index in [0.717, 1.165) is 43.9 Å². The first-order valence-electron chi connectivity index (χ1n) is 7.91. The lowest BCUT2D eigenvalue weighted by Crippen LogP contribution is -2.28. The molecule has 0 heterocycles. The molecule has 0 amide bonds. The third kappa shape index (κ3) is 4.90. The van der Waals surface area contributed by atoms with Crippen molar-refractivity contribution in [2.45, 2.75) is 45.3 Å². The van der Waals surface area contributed by atoms with Gasteiger partial charge in [-0.3, -0.25) is 0 Å². The van der Waals surface area contributed by atoms with Crippen LogP contribution in [0.15, 0.2) is 18.2 Å². The zero-order valence-electron chi connectivity index (χ0n) is 13.1. The van der Waals surface area contributed by atoms with Gasteiger partial charge in [0.1, 0.15) is 0 Å². The summed E-state index contributed by atoms with van der Waals surface area (Å²) in [5, 5.41) is 13.2. The van der Waals surface area contributed by atoms with E-state index in [1.807, 2.05) is 19.1 Å². The van der Waals surface area contributed by atoms with E-state index in [-0.39, 0.29) is 6.10 Å². The number of methoxy groups -OCH3 is 1. The predicted molar refractivity (Wildman–Crippen MR) is 83.8 cm³/mol. The maximum atomic E-state index is 9.69. The van der Waals surface area contributed by atoms with Crippen molar-refractivity contribution < 1.29 is 14.6 Å². The average Bonchev–Trinajstić information content (AvgIpc) is 2.48. The van der Waals surface area contributed by atoms with Gasteiger partial charge in [-0.05, 0) is 56.3 Å². The van der Waals surface area contributed by atoms with Crippen molar-refractivity contribution >= 4 is 0 Å². The third-order valence-corrected chi connectivity index (χ3v) is 4.05. The Morgan fingerprint density at radius 2 is 2.14 bits per heavy atom. The second-order valence-corrected chi connectivity index (χ2v) is 5.74. The summed E-state index contributed by atoms with van der Waals surface area (Å²) < 4.78 is 10.9. The lowest BCUT2D eigenvalue weighted by atomic mass is 9.87. The minimum Gasteiger partial charge on any atom is -0.493 e. The number of aliphatic hydroxyl groups excluding tert-OH is 1. The Morgan fingerprint density at radius 3 is 2.86 bits per heavy atom. The van der Waals surface area contributed by atoms with Gasteiger partial charge in [-0.1, -0.05) is 12.5 Å². The first-order valence-corrected chi connectivity index (χ1v) is 7.91. The number of nitrogens with one attached hydrogen (secondary N) is 1. The highest BCUT2D eigenvalue weighted by Gasteiger charge is 2.19.